The van der Waals surface area contributed by atoms with Crippen LogP contribution in [-0.2, 0) is 9.53 Å². The van der Waals surface area contributed by atoms with Gasteiger partial charge in [-0.05, 0) is 6.92 Å². The molecule has 0 amide bonds. The third-order valence-electron chi connectivity index (χ3n) is 1.93. The molecule has 1 atom stereocenters. The van der Waals surface area contributed by atoms with Crippen molar-refractivity contribution in [3.8, 4) is 0 Å². The second kappa shape index (κ2) is 6.48. The molecule has 1 unspecified atom stereocenters. The Balaban J connectivity index is 0.00000121. The maximum atomic E-state index is 10.4. The molecule has 0 aliphatic carbocycles. The first kappa shape index (κ1) is 13.0. The Hall–Kier alpha value is 1.03. The number of hydrogen-bond acceptors (Lipinski definition) is 4. The topological polar surface area (TPSA) is 52.6 Å². The zero-order valence-electron chi connectivity index (χ0n) is 7.58. The number of carbonyl (C=O) groups excluding carboxylic acids is 1. The summed E-state index contributed by atoms with van der Waals surface area (Å²) in [4.78, 5) is 12.3. The predicted octanol–water partition coefficient (Wildman–Crippen LogP) is -4.54. The molecule has 1 heterocycles. The second-order valence-corrected chi connectivity index (χ2v) is 2.64. The van der Waals surface area contributed by atoms with E-state index >= 15 is 0 Å². The molecule has 5 heteroatoms. The minimum Gasteiger partial charge on any atom is -0.548 e. The summed E-state index contributed by atoms with van der Waals surface area (Å²) in [5.74, 6) is -1.01. The van der Waals surface area contributed by atoms with E-state index in [0.29, 0.717) is 26.3 Å². The first-order chi connectivity index (χ1) is 5.22. The molecule has 1 aliphatic heterocycles. The van der Waals surface area contributed by atoms with Crippen LogP contribution in [0.25, 0.3) is 0 Å². The third kappa shape index (κ3) is 3.82. The fourth-order valence-corrected chi connectivity index (χ4v) is 1.11. The maximum Gasteiger partial charge on any atom is 1.00 e. The van der Waals surface area contributed by atoms with Gasteiger partial charge < -0.3 is 14.6 Å². The summed E-state index contributed by atoms with van der Waals surface area (Å²) in [6, 6.07) is -0.487. The van der Waals surface area contributed by atoms with E-state index in [2.05, 4.69) is 0 Å². The molecule has 0 N–H and O–H groups in total. The molecular formula is C7H12KNO3. The third-order valence-corrected chi connectivity index (χ3v) is 1.93. The van der Waals surface area contributed by atoms with Crippen molar-refractivity contribution in [1.82, 2.24) is 4.90 Å². The van der Waals surface area contributed by atoms with E-state index in [1.54, 1.807) is 6.92 Å². The van der Waals surface area contributed by atoms with Gasteiger partial charge in [-0.3, -0.25) is 4.90 Å². The van der Waals surface area contributed by atoms with Crippen molar-refractivity contribution in [3.63, 3.8) is 0 Å². The average molecular weight is 197 g/mol. The van der Waals surface area contributed by atoms with Crippen LogP contribution in [0.2, 0.25) is 0 Å². The molecule has 0 aromatic rings. The van der Waals surface area contributed by atoms with E-state index in [9.17, 15) is 9.90 Å². The number of carboxylic acids is 1. The molecule has 12 heavy (non-hydrogen) atoms. The van der Waals surface area contributed by atoms with E-state index in [1.807, 2.05) is 4.90 Å². The monoisotopic (exact) mass is 197 g/mol. The number of carbonyl (C=O) groups is 1. The number of morpholine rings is 1. The molecule has 1 rings (SSSR count). The maximum absolute atomic E-state index is 10.4. The van der Waals surface area contributed by atoms with Gasteiger partial charge in [0.2, 0.25) is 0 Å². The van der Waals surface area contributed by atoms with Crippen LogP contribution >= 0.6 is 0 Å². The molecule has 4 nitrogen and oxygen atoms in total. The van der Waals surface area contributed by atoms with Crippen molar-refractivity contribution in [2.24, 2.45) is 0 Å². The van der Waals surface area contributed by atoms with Gasteiger partial charge in [0.05, 0.1) is 19.2 Å². The number of carboxylic acid groups (broad SMARTS) is 1. The van der Waals surface area contributed by atoms with E-state index in [0.717, 1.165) is 0 Å². The Morgan fingerprint density at radius 3 is 2.42 bits per heavy atom. The number of rotatable bonds is 2. The summed E-state index contributed by atoms with van der Waals surface area (Å²) < 4.78 is 5.07. The molecule has 1 aliphatic rings. The Bertz CT molecular complexity index is 148. The van der Waals surface area contributed by atoms with Crippen LogP contribution in [0.1, 0.15) is 6.92 Å². The molecule has 0 bridgehead atoms. The Morgan fingerprint density at radius 1 is 1.50 bits per heavy atom. The van der Waals surface area contributed by atoms with Gasteiger partial charge in [0, 0.05) is 19.1 Å². The van der Waals surface area contributed by atoms with Crippen LogP contribution < -0.4 is 56.5 Å². The fraction of sp³-hybridized carbons (Fsp3) is 0.857. The van der Waals surface area contributed by atoms with Gasteiger partial charge >= 0.3 is 51.4 Å². The molecule has 1 fully saturated rings. The van der Waals surface area contributed by atoms with E-state index < -0.39 is 12.0 Å². The van der Waals surface area contributed by atoms with Gasteiger partial charge in [0.25, 0.3) is 0 Å². The zero-order valence-corrected chi connectivity index (χ0v) is 10.7. The van der Waals surface area contributed by atoms with Crippen LogP contribution in [0, 0.1) is 0 Å². The summed E-state index contributed by atoms with van der Waals surface area (Å²) >= 11 is 0. The fourth-order valence-electron chi connectivity index (χ4n) is 1.11. The van der Waals surface area contributed by atoms with Crippen LogP contribution in [0.5, 0.6) is 0 Å². The van der Waals surface area contributed by atoms with Crippen molar-refractivity contribution in [3.05, 3.63) is 0 Å². The smallest absolute Gasteiger partial charge is 0.548 e. The molecule has 0 saturated carbocycles. The molecule has 1 saturated heterocycles. The van der Waals surface area contributed by atoms with Gasteiger partial charge in [-0.2, -0.15) is 0 Å². The van der Waals surface area contributed by atoms with Gasteiger partial charge in [-0.1, -0.05) is 0 Å². The van der Waals surface area contributed by atoms with Crippen LogP contribution in [0.15, 0.2) is 0 Å². The van der Waals surface area contributed by atoms with Crippen molar-refractivity contribution in [2.75, 3.05) is 26.3 Å². The largest absolute Gasteiger partial charge is 1.00 e. The molecule has 0 aromatic carbocycles. The average Bonchev–Trinajstić information content (AvgIpc) is 2.05. The summed E-state index contributed by atoms with van der Waals surface area (Å²) in [7, 11) is 0. The van der Waals surface area contributed by atoms with Crippen LogP contribution in [0.3, 0.4) is 0 Å². The molecule has 0 spiro atoms. The van der Waals surface area contributed by atoms with E-state index in [4.69, 9.17) is 4.74 Å². The van der Waals surface area contributed by atoms with Gasteiger partial charge in [0.15, 0.2) is 0 Å². The summed E-state index contributed by atoms with van der Waals surface area (Å²) in [6.07, 6.45) is 0. The van der Waals surface area contributed by atoms with Crippen molar-refractivity contribution in [1.29, 1.82) is 0 Å². The normalized spacial score (nSPS) is 21.1. The minimum absolute atomic E-state index is 0. The first-order valence-electron chi connectivity index (χ1n) is 3.74. The summed E-state index contributed by atoms with van der Waals surface area (Å²) in [5.41, 5.74) is 0. The zero-order chi connectivity index (χ0) is 8.27. The summed E-state index contributed by atoms with van der Waals surface area (Å²) in [5, 5.41) is 10.4. The van der Waals surface area contributed by atoms with Crippen molar-refractivity contribution in [2.45, 2.75) is 13.0 Å². The molecular weight excluding hydrogens is 185 g/mol. The van der Waals surface area contributed by atoms with E-state index in [1.165, 1.54) is 0 Å². The number of nitrogens with zero attached hydrogens (tertiary/aromatic N) is 1. The second-order valence-electron chi connectivity index (χ2n) is 2.64. The van der Waals surface area contributed by atoms with Gasteiger partial charge in [0.1, 0.15) is 0 Å². The van der Waals surface area contributed by atoms with Gasteiger partial charge in [-0.25, -0.2) is 0 Å². The van der Waals surface area contributed by atoms with Crippen LogP contribution in [-0.4, -0.2) is 43.2 Å². The van der Waals surface area contributed by atoms with Crippen molar-refractivity contribution >= 4 is 5.97 Å². The summed E-state index contributed by atoms with van der Waals surface area (Å²) in [6.45, 7) is 4.26. The minimum atomic E-state index is -1.01. The van der Waals surface area contributed by atoms with Crippen LogP contribution in [0.4, 0.5) is 0 Å². The Kier molecular flexibility index (Phi) is 7.03. The van der Waals surface area contributed by atoms with E-state index in [-0.39, 0.29) is 51.4 Å². The van der Waals surface area contributed by atoms with Crippen molar-refractivity contribution < 1.29 is 66.0 Å². The number of aliphatic carboxylic acids is 1. The first-order valence-corrected chi connectivity index (χ1v) is 3.74. The standard InChI is InChI=1S/C7H13NO3.K/c1-6(7(9)10)8-2-4-11-5-3-8;/h6H,2-5H2,1H3,(H,9,10);/q;+1/p-1. The quantitative estimate of drug-likeness (QED) is 0.418. The Labute approximate surface area is 115 Å². The SMILES string of the molecule is CC(C(=O)[O-])N1CCOCC1.[K+]. The predicted molar refractivity (Wildman–Crippen MR) is 36.9 cm³/mol. The number of hydrogen-bond donors (Lipinski definition) is 0. The Morgan fingerprint density at radius 2 is 2.00 bits per heavy atom. The molecule has 64 valence electrons. The van der Waals surface area contributed by atoms with Gasteiger partial charge in [-0.15, -0.1) is 0 Å². The molecule has 0 radical (unpaired) electrons. The molecule has 0 aromatic heterocycles. The number of ether oxygens (including phenoxy) is 1.